The summed E-state index contributed by atoms with van der Waals surface area (Å²) in [7, 11) is 0. The molecular weight excluding hydrogens is 834 g/mol. The topological polar surface area (TPSA) is 49.8 Å². The van der Waals surface area contributed by atoms with Crippen LogP contribution in [0.2, 0.25) is 0 Å². The van der Waals surface area contributed by atoms with Gasteiger partial charge in [-0.2, -0.15) is 0 Å². The molecule has 8 aromatic rings. The first-order chi connectivity index (χ1) is 25.3. The van der Waals surface area contributed by atoms with Crippen LogP contribution in [0, 0.1) is 35.2 Å². The fourth-order valence-corrected chi connectivity index (χ4v) is 9.57. The first-order valence-corrected chi connectivity index (χ1v) is 19.2. The average molecular weight is 875 g/mol. The number of fused-ring (bicyclic) bond motifs is 6. The Hall–Kier alpha value is -5.06. The van der Waals surface area contributed by atoms with Gasteiger partial charge in [-0.3, -0.25) is 0 Å². The Morgan fingerprint density at radius 2 is 1.40 bits per heavy atom. The van der Waals surface area contributed by atoms with E-state index in [9.17, 15) is 0 Å². The standard InChI is InChI=1S/C46H41N5O.Pt/c1-29-13-15-31(16-14-29)49-28-50(39-12-10-9-11-38(39)49)32-24-34(27-47-26-32)52-33-17-18-35-36-19-20-37-42(45(5,6)46(7,8)44(37,3)4)43(36)51(40(35)25-33)41-23-30(2)21-22-48-41;/h9-23,26-27H,1-8H3;/q-2;. The zero-order valence-electron chi connectivity index (χ0n) is 31.3. The first-order valence-electron chi connectivity index (χ1n) is 18.1. The van der Waals surface area contributed by atoms with E-state index in [-0.39, 0.29) is 16.2 Å². The molecule has 0 aliphatic heterocycles. The summed E-state index contributed by atoms with van der Waals surface area (Å²) in [4.78, 5) is 9.56. The van der Waals surface area contributed by atoms with Crippen molar-refractivity contribution < 1.29 is 24.1 Å². The van der Waals surface area contributed by atoms with Crippen LogP contribution in [-0.4, -0.2) is 23.7 Å². The Morgan fingerprint density at radius 3 is 2.13 bits per heavy atom. The molecule has 4 heterocycles. The van der Waals surface area contributed by atoms with Crippen molar-refractivity contribution in [1.82, 2.24) is 23.7 Å². The number of rotatable bonds is 5. The molecule has 7 heteroatoms. The first kappa shape index (κ1) is 33.8. The second-order valence-electron chi connectivity index (χ2n) is 16.0. The van der Waals surface area contributed by atoms with Crippen molar-refractivity contribution in [1.29, 1.82) is 0 Å². The summed E-state index contributed by atoms with van der Waals surface area (Å²) >= 11 is 2.39. The number of imidazole rings is 1. The predicted molar refractivity (Wildman–Crippen MR) is 209 cm³/mol. The number of hydrogen-bond acceptors (Lipinski definition) is 3. The van der Waals surface area contributed by atoms with E-state index in [0.717, 1.165) is 48.5 Å². The molecule has 1 aliphatic carbocycles. The van der Waals surface area contributed by atoms with Crippen LogP contribution in [0.25, 0.3) is 50.0 Å². The van der Waals surface area contributed by atoms with Crippen molar-refractivity contribution in [2.24, 2.45) is 5.41 Å². The summed E-state index contributed by atoms with van der Waals surface area (Å²) in [6.45, 7) is 18.6. The monoisotopic (exact) mass is 874 g/mol. The van der Waals surface area contributed by atoms with Gasteiger partial charge in [0.25, 0.3) is 0 Å². The van der Waals surface area contributed by atoms with E-state index in [4.69, 9.17) is 9.72 Å². The van der Waals surface area contributed by atoms with Gasteiger partial charge in [0.2, 0.25) is 0 Å². The maximum absolute atomic E-state index is 6.59. The number of aryl methyl sites for hydroxylation is 2. The molecule has 0 bridgehead atoms. The summed E-state index contributed by atoms with van der Waals surface area (Å²) < 4.78 is 14.3. The number of ether oxygens (including phenoxy) is 1. The summed E-state index contributed by atoms with van der Waals surface area (Å²) in [6.07, 6.45) is 5.44. The molecule has 1 aliphatic rings. The normalized spacial score (nSPS) is 15.7. The fourth-order valence-electron chi connectivity index (χ4n) is 8.45. The van der Waals surface area contributed by atoms with Crippen molar-refractivity contribution in [3.05, 3.63) is 142 Å². The SMILES string of the molecule is Cc1ccc(-n2[c](=[Pt])n(-c3[c-]c(Oc4[c-]c5c(cc4)c4ccc6c(c4n5-c4cc(C)ccn4)C(C)(C)C(C)(C)C6(C)C)cnc3)c3ccccc32)cc1. The van der Waals surface area contributed by atoms with Crippen LogP contribution in [-0.2, 0) is 30.2 Å². The quantitative estimate of drug-likeness (QED) is 0.162. The second-order valence-corrected chi connectivity index (χ2v) is 17.0. The fraction of sp³-hybridized carbons (Fsp3) is 0.239. The van der Waals surface area contributed by atoms with Crippen LogP contribution < -0.4 is 4.74 Å². The van der Waals surface area contributed by atoms with Gasteiger partial charge >= 0.3 is 228 Å². The van der Waals surface area contributed by atoms with Crippen LogP contribution in [0.4, 0.5) is 0 Å². The second kappa shape index (κ2) is 11.7. The third-order valence-corrected chi connectivity index (χ3v) is 13.5. The van der Waals surface area contributed by atoms with Crippen molar-refractivity contribution in [3.63, 3.8) is 0 Å². The Bertz CT molecular complexity index is 2830. The van der Waals surface area contributed by atoms with Gasteiger partial charge in [-0.25, -0.2) is 0 Å². The van der Waals surface area contributed by atoms with Gasteiger partial charge in [0, 0.05) is 6.20 Å². The van der Waals surface area contributed by atoms with E-state index in [1.807, 2.05) is 24.5 Å². The molecule has 0 saturated carbocycles. The molecule has 0 saturated heterocycles. The van der Waals surface area contributed by atoms with Gasteiger partial charge in [-0.05, 0) is 40.4 Å². The molecule has 0 fully saturated rings. The molecule has 0 spiro atoms. The minimum atomic E-state index is -0.112. The Labute approximate surface area is 321 Å². The number of aromatic nitrogens is 5. The van der Waals surface area contributed by atoms with Gasteiger partial charge in [0.1, 0.15) is 0 Å². The number of benzene rings is 4. The summed E-state index contributed by atoms with van der Waals surface area (Å²) in [5, 5.41) is 2.30. The molecule has 268 valence electrons. The van der Waals surface area contributed by atoms with Crippen LogP contribution in [0.1, 0.15) is 63.8 Å². The van der Waals surface area contributed by atoms with Crippen molar-refractivity contribution in [2.75, 3.05) is 0 Å². The maximum atomic E-state index is 6.59. The van der Waals surface area contributed by atoms with Gasteiger partial charge in [-0.15, -0.1) is 0 Å². The van der Waals surface area contributed by atoms with Gasteiger partial charge < -0.3 is 0 Å². The third kappa shape index (κ3) is 4.84. The zero-order chi connectivity index (χ0) is 37.0. The van der Waals surface area contributed by atoms with Gasteiger partial charge in [0.05, 0.1) is 0 Å². The molecule has 9 rings (SSSR count). The number of hydrogen-bond donors (Lipinski definition) is 0. The van der Waals surface area contributed by atoms with Gasteiger partial charge in [0.15, 0.2) is 0 Å². The third-order valence-electron chi connectivity index (χ3n) is 12.5. The minimum absolute atomic E-state index is 0.00603. The molecule has 0 atom stereocenters. The average Bonchev–Trinajstić information content (AvgIpc) is 3.65. The Morgan fingerprint density at radius 1 is 0.679 bits per heavy atom. The van der Waals surface area contributed by atoms with E-state index in [0.29, 0.717) is 11.5 Å². The summed E-state index contributed by atoms with van der Waals surface area (Å²) in [5.41, 5.74) is 11.2. The van der Waals surface area contributed by atoms with Crippen LogP contribution >= 0.6 is 0 Å². The molecule has 0 amide bonds. The zero-order valence-corrected chi connectivity index (χ0v) is 33.5. The molecule has 6 nitrogen and oxygen atoms in total. The van der Waals surface area contributed by atoms with Gasteiger partial charge in [-0.1, -0.05) is 47.6 Å². The van der Waals surface area contributed by atoms with Crippen molar-refractivity contribution >= 4 is 32.8 Å². The molecule has 4 aromatic heterocycles. The van der Waals surface area contributed by atoms with E-state index in [1.165, 1.54) is 27.6 Å². The number of nitrogens with zero attached hydrogens (tertiary/aromatic N) is 5. The van der Waals surface area contributed by atoms with E-state index < -0.39 is 0 Å². The summed E-state index contributed by atoms with van der Waals surface area (Å²) in [5.74, 6) is 1.97. The molecule has 0 radical (unpaired) electrons. The van der Waals surface area contributed by atoms with Crippen LogP contribution in [0.3, 0.4) is 0 Å². The van der Waals surface area contributed by atoms with E-state index in [2.05, 4.69) is 178 Å². The molecule has 4 aromatic carbocycles. The molecular formula is C46H41N5OPt-2. The van der Waals surface area contributed by atoms with Crippen molar-refractivity contribution in [2.45, 2.75) is 66.2 Å². The Kier molecular flexibility index (Phi) is 7.46. The number of para-hydroxylation sites is 2. The number of pyridine rings is 2. The van der Waals surface area contributed by atoms with E-state index in [1.54, 1.807) is 6.20 Å². The van der Waals surface area contributed by atoms with Crippen LogP contribution in [0.15, 0.2) is 104 Å². The predicted octanol–water partition coefficient (Wildman–Crippen LogP) is 11.0. The Balaban J connectivity index is 1.20. The van der Waals surface area contributed by atoms with Crippen molar-refractivity contribution in [3.8, 4) is 28.7 Å². The molecule has 0 unspecified atom stereocenters. The van der Waals surface area contributed by atoms with E-state index >= 15 is 0 Å². The van der Waals surface area contributed by atoms with Crippen LogP contribution in [0.5, 0.6) is 11.5 Å². The molecule has 0 N–H and O–H groups in total. The molecule has 53 heavy (non-hydrogen) atoms. The summed E-state index contributed by atoms with van der Waals surface area (Å²) in [6, 6.07) is 37.2.